The maximum atomic E-state index is 6.04. The van der Waals surface area contributed by atoms with E-state index in [1.54, 1.807) is 0 Å². The molecular weight excluding hydrogens is 228 g/mol. The molecule has 2 unspecified atom stereocenters. The largest absolute Gasteiger partial charge is 0.329 e. The van der Waals surface area contributed by atoms with E-state index in [9.17, 15) is 0 Å². The molecule has 2 atom stereocenters. The summed E-state index contributed by atoms with van der Waals surface area (Å²) >= 11 is 1.86. The quantitative estimate of drug-likeness (QED) is 0.894. The van der Waals surface area contributed by atoms with Crippen LogP contribution in [0.15, 0.2) is 11.4 Å². The van der Waals surface area contributed by atoms with Crippen LogP contribution < -0.4 is 5.73 Å². The highest BCUT2D eigenvalue weighted by Gasteiger charge is 2.26. The van der Waals surface area contributed by atoms with Crippen LogP contribution in [0.2, 0.25) is 0 Å². The Morgan fingerprint density at radius 2 is 2.29 bits per heavy atom. The average molecular weight is 252 g/mol. The molecule has 1 saturated heterocycles. The van der Waals surface area contributed by atoms with E-state index in [1.165, 1.54) is 42.7 Å². The van der Waals surface area contributed by atoms with Crippen molar-refractivity contribution in [3.05, 3.63) is 21.9 Å². The average Bonchev–Trinajstić information content (AvgIpc) is 2.61. The van der Waals surface area contributed by atoms with Crippen LogP contribution in [0.5, 0.6) is 0 Å². The molecule has 17 heavy (non-hydrogen) atoms. The number of aryl methyl sites for hydroxylation is 1. The number of nitrogens with two attached hydrogens (primary N) is 1. The Hall–Kier alpha value is -0.380. The second kappa shape index (κ2) is 5.98. The molecule has 0 spiro atoms. The van der Waals surface area contributed by atoms with Gasteiger partial charge in [-0.2, -0.15) is 0 Å². The summed E-state index contributed by atoms with van der Waals surface area (Å²) in [5.74, 6) is 0. The molecule has 2 N–H and O–H groups in total. The van der Waals surface area contributed by atoms with Crippen LogP contribution >= 0.6 is 11.3 Å². The van der Waals surface area contributed by atoms with Crippen molar-refractivity contribution in [1.29, 1.82) is 0 Å². The fourth-order valence-corrected chi connectivity index (χ4v) is 3.94. The van der Waals surface area contributed by atoms with Gasteiger partial charge in [0.15, 0.2) is 0 Å². The van der Waals surface area contributed by atoms with Gasteiger partial charge in [-0.3, -0.25) is 4.90 Å². The first kappa shape index (κ1) is 13.1. The number of likely N-dealkylation sites (tertiary alicyclic amines) is 1. The van der Waals surface area contributed by atoms with Gasteiger partial charge in [-0.05, 0) is 50.2 Å². The zero-order valence-electron chi connectivity index (χ0n) is 11.0. The van der Waals surface area contributed by atoms with Gasteiger partial charge in [0.2, 0.25) is 0 Å². The molecule has 1 fully saturated rings. The number of hydrogen-bond acceptors (Lipinski definition) is 3. The van der Waals surface area contributed by atoms with Crippen molar-refractivity contribution in [2.75, 3.05) is 13.1 Å². The molecule has 0 aliphatic carbocycles. The molecule has 0 bridgehead atoms. The second-order valence-electron chi connectivity index (χ2n) is 5.16. The van der Waals surface area contributed by atoms with E-state index in [1.807, 2.05) is 11.3 Å². The molecule has 0 aromatic carbocycles. The third-order valence-electron chi connectivity index (χ3n) is 3.93. The summed E-state index contributed by atoms with van der Waals surface area (Å²) in [6, 6.07) is 3.32. The Morgan fingerprint density at radius 1 is 1.47 bits per heavy atom. The molecule has 3 heteroatoms. The molecule has 1 aromatic rings. The lowest BCUT2D eigenvalue weighted by molar-refractivity contribution is 0.152. The topological polar surface area (TPSA) is 29.3 Å². The highest BCUT2D eigenvalue weighted by atomic mass is 32.1. The van der Waals surface area contributed by atoms with Crippen LogP contribution in [-0.4, -0.2) is 24.0 Å². The Bertz CT molecular complexity index is 348. The molecule has 1 aromatic heterocycles. The Kier molecular flexibility index (Phi) is 4.60. The Labute approximate surface area is 109 Å². The van der Waals surface area contributed by atoms with Crippen LogP contribution in [0.25, 0.3) is 0 Å². The van der Waals surface area contributed by atoms with Gasteiger partial charge in [-0.15, -0.1) is 11.3 Å². The number of rotatable bonds is 3. The first-order valence-corrected chi connectivity index (χ1v) is 7.61. The number of hydrogen-bond donors (Lipinski definition) is 1. The monoisotopic (exact) mass is 252 g/mol. The highest BCUT2D eigenvalue weighted by Crippen LogP contribution is 2.32. The van der Waals surface area contributed by atoms with Gasteiger partial charge in [0, 0.05) is 17.5 Å². The minimum Gasteiger partial charge on any atom is -0.329 e. The fraction of sp³-hybridized carbons (Fsp3) is 0.714. The van der Waals surface area contributed by atoms with Crippen LogP contribution in [0, 0.1) is 6.92 Å². The Morgan fingerprint density at radius 3 is 2.94 bits per heavy atom. The molecule has 1 aliphatic heterocycles. The van der Waals surface area contributed by atoms with Gasteiger partial charge in [-0.1, -0.05) is 12.8 Å². The first-order chi connectivity index (χ1) is 8.24. The minimum atomic E-state index is 0.433. The molecule has 0 saturated carbocycles. The normalized spacial score (nSPS) is 24.5. The molecule has 0 radical (unpaired) electrons. The minimum absolute atomic E-state index is 0.433. The van der Waals surface area contributed by atoms with Crippen LogP contribution in [-0.2, 0) is 0 Å². The predicted octanol–water partition coefficient (Wildman–Crippen LogP) is 3.32. The zero-order chi connectivity index (χ0) is 12.3. The summed E-state index contributed by atoms with van der Waals surface area (Å²) in [4.78, 5) is 4.10. The summed E-state index contributed by atoms with van der Waals surface area (Å²) in [5, 5.41) is 2.19. The van der Waals surface area contributed by atoms with Crippen molar-refractivity contribution in [3.8, 4) is 0 Å². The van der Waals surface area contributed by atoms with Crippen molar-refractivity contribution in [2.45, 2.75) is 51.6 Å². The van der Waals surface area contributed by atoms with Crippen LogP contribution in [0.1, 0.15) is 49.1 Å². The summed E-state index contributed by atoms with van der Waals surface area (Å²) < 4.78 is 0. The fourth-order valence-electron chi connectivity index (χ4n) is 2.88. The molecule has 0 amide bonds. The maximum Gasteiger partial charge on any atom is 0.0569 e. The number of thiophene rings is 1. The highest BCUT2D eigenvalue weighted by molar-refractivity contribution is 7.10. The van der Waals surface area contributed by atoms with Crippen molar-refractivity contribution in [3.63, 3.8) is 0 Å². The maximum absolute atomic E-state index is 6.04. The molecule has 1 aliphatic rings. The van der Waals surface area contributed by atoms with E-state index >= 15 is 0 Å². The lowest BCUT2D eigenvalue weighted by Crippen LogP contribution is -2.39. The van der Waals surface area contributed by atoms with Gasteiger partial charge in [0.1, 0.15) is 0 Å². The van der Waals surface area contributed by atoms with Gasteiger partial charge >= 0.3 is 0 Å². The van der Waals surface area contributed by atoms with Crippen molar-refractivity contribution >= 4 is 11.3 Å². The van der Waals surface area contributed by atoms with E-state index in [0.29, 0.717) is 12.1 Å². The van der Waals surface area contributed by atoms with E-state index in [2.05, 4.69) is 30.2 Å². The lowest BCUT2D eigenvalue weighted by Gasteiger charge is -2.34. The zero-order valence-corrected chi connectivity index (χ0v) is 11.8. The second-order valence-corrected chi connectivity index (χ2v) is 6.10. The van der Waals surface area contributed by atoms with Gasteiger partial charge in [-0.25, -0.2) is 0 Å². The van der Waals surface area contributed by atoms with E-state index in [0.717, 1.165) is 6.54 Å². The van der Waals surface area contributed by atoms with E-state index in [4.69, 9.17) is 5.73 Å². The first-order valence-electron chi connectivity index (χ1n) is 6.74. The Balaban J connectivity index is 2.19. The third kappa shape index (κ3) is 2.90. The predicted molar refractivity (Wildman–Crippen MR) is 75.5 cm³/mol. The molecule has 2 heterocycles. The number of nitrogens with zero attached hydrogens (tertiary/aromatic N) is 1. The van der Waals surface area contributed by atoms with Crippen LogP contribution in [0.3, 0.4) is 0 Å². The summed E-state index contributed by atoms with van der Waals surface area (Å²) in [6.07, 6.45) is 5.39. The third-order valence-corrected chi connectivity index (χ3v) is 5.05. The van der Waals surface area contributed by atoms with Gasteiger partial charge in [0.25, 0.3) is 0 Å². The van der Waals surface area contributed by atoms with Crippen LogP contribution in [0.4, 0.5) is 0 Å². The standard InChI is InChI=1S/C14H24N2S/c1-11-7-9-17-14(11)13(10-15)16-8-5-3-4-6-12(16)2/h7,9,12-13H,3-6,8,10,15H2,1-2H3. The summed E-state index contributed by atoms with van der Waals surface area (Å²) in [5.41, 5.74) is 7.45. The van der Waals surface area contributed by atoms with Gasteiger partial charge < -0.3 is 5.73 Å². The smallest absolute Gasteiger partial charge is 0.0569 e. The van der Waals surface area contributed by atoms with E-state index in [-0.39, 0.29) is 0 Å². The SMILES string of the molecule is Cc1ccsc1C(CN)N1CCCCCC1C. The molecule has 2 rings (SSSR count). The summed E-state index contributed by atoms with van der Waals surface area (Å²) in [7, 11) is 0. The van der Waals surface area contributed by atoms with Crippen molar-refractivity contribution < 1.29 is 0 Å². The lowest BCUT2D eigenvalue weighted by atomic mass is 10.1. The van der Waals surface area contributed by atoms with E-state index < -0.39 is 0 Å². The van der Waals surface area contributed by atoms with Gasteiger partial charge in [0.05, 0.1) is 6.04 Å². The molecular formula is C14H24N2S. The van der Waals surface area contributed by atoms with Crippen molar-refractivity contribution in [2.24, 2.45) is 5.73 Å². The summed E-state index contributed by atoms with van der Waals surface area (Å²) in [6.45, 7) is 6.51. The molecule has 2 nitrogen and oxygen atoms in total. The van der Waals surface area contributed by atoms with Crippen molar-refractivity contribution in [1.82, 2.24) is 4.90 Å². The molecule has 96 valence electrons.